The van der Waals surface area contributed by atoms with Gasteiger partial charge in [-0.1, -0.05) is 83.1 Å². The Balaban J connectivity index is 1.32. The van der Waals surface area contributed by atoms with E-state index in [4.69, 9.17) is 37.7 Å². The minimum atomic E-state index is -0.522. The van der Waals surface area contributed by atoms with Gasteiger partial charge in [0.15, 0.2) is 16.3 Å². The molecular weight excluding hydrogens is 657 g/mol. The molecule has 1 aliphatic heterocycles. The Labute approximate surface area is 283 Å². The van der Waals surface area contributed by atoms with Crippen LogP contribution in [0.3, 0.4) is 0 Å². The molecule has 2 aliphatic rings. The first-order valence-electron chi connectivity index (χ1n) is 15.0. The van der Waals surface area contributed by atoms with Crippen LogP contribution >= 0.6 is 34.5 Å². The number of ether oxygens (including phenoxy) is 2. The predicted molar refractivity (Wildman–Crippen MR) is 184 cm³/mol. The number of aryl methyl sites for hydroxylation is 1. The number of fused-ring (bicyclic) bond motifs is 3. The van der Waals surface area contributed by atoms with Crippen LogP contribution in [-0.4, -0.2) is 16.1 Å². The summed E-state index contributed by atoms with van der Waals surface area (Å²) in [5, 5.41) is 12.8. The summed E-state index contributed by atoms with van der Waals surface area (Å²) in [7, 11) is 0. The van der Waals surface area contributed by atoms with E-state index in [2.05, 4.69) is 6.07 Å². The third-order valence-corrected chi connectivity index (χ3v) is 9.80. The van der Waals surface area contributed by atoms with E-state index in [1.807, 2.05) is 55.5 Å². The fourth-order valence-electron chi connectivity index (χ4n) is 6.08. The number of nitrogens with zero attached hydrogens (tertiary/aromatic N) is 3. The summed E-state index contributed by atoms with van der Waals surface area (Å²) in [6.45, 7) is 2.53. The molecule has 5 aromatic rings. The van der Waals surface area contributed by atoms with E-state index in [0.29, 0.717) is 49.5 Å². The van der Waals surface area contributed by atoms with Crippen molar-refractivity contribution in [2.45, 2.75) is 32.4 Å². The Morgan fingerprint density at radius 3 is 2.66 bits per heavy atom. The van der Waals surface area contributed by atoms with Crippen molar-refractivity contribution in [3.05, 3.63) is 158 Å². The number of nitro benzene ring substituents is 1. The zero-order valence-corrected chi connectivity index (χ0v) is 27.4. The number of thiazole rings is 1. The van der Waals surface area contributed by atoms with Crippen LogP contribution in [0.1, 0.15) is 47.2 Å². The lowest BCUT2D eigenvalue weighted by Crippen LogP contribution is -2.38. The second-order valence-electron chi connectivity index (χ2n) is 11.1. The van der Waals surface area contributed by atoms with Gasteiger partial charge >= 0.3 is 0 Å². The maximum absolute atomic E-state index is 14.2. The summed E-state index contributed by atoms with van der Waals surface area (Å²) in [6, 6.07) is 24.9. The molecule has 2 heterocycles. The highest BCUT2D eigenvalue weighted by Crippen LogP contribution is 2.41. The molecular formula is C36H27Cl2N3O5S. The van der Waals surface area contributed by atoms with Crippen LogP contribution in [0.2, 0.25) is 10.0 Å². The van der Waals surface area contributed by atoms with Crippen LogP contribution in [0.15, 0.2) is 100 Å². The van der Waals surface area contributed by atoms with Gasteiger partial charge in [-0.3, -0.25) is 19.5 Å². The second-order valence-corrected chi connectivity index (χ2v) is 13.0. The predicted octanol–water partition coefficient (Wildman–Crippen LogP) is 7.51. The summed E-state index contributed by atoms with van der Waals surface area (Å²) in [5.74, 6) is 1.06. The standard InChI is InChI=1S/C36H27Cl2N3O5S/c1-2-45-31-16-21(10-15-30(31)46-20-24-11-13-25(37)19-29(24)38)17-32-35(42)40-34(23-7-5-8-26(18-23)41(43)44)28-14-12-22-6-3-4-9-27(22)33(28)39-36(40)47-32/h3-11,13,15-19,34H,2,12,14,20H2,1H3/b32-17+/t34-/m0/s1. The summed E-state index contributed by atoms with van der Waals surface area (Å²) in [4.78, 5) is 31.1. The van der Waals surface area contributed by atoms with Gasteiger partial charge in [-0.15, -0.1) is 0 Å². The van der Waals surface area contributed by atoms with E-state index >= 15 is 0 Å². The van der Waals surface area contributed by atoms with Gasteiger partial charge in [0.2, 0.25) is 0 Å². The normalized spacial score (nSPS) is 15.4. The van der Waals surface area contributed by atoms with E-state index < -0.39 is 11.0 Å². The van der Waals surface area contributed by atoms with Crippen molar-refractivity contribution in [1.29, 1.82) is 0 Å². The lowest BCUT2D eigenvalue weighted by atomic mass is 9.83. The SMILES string of the molecule is CCOc1cc(/C=c2/sc3n(c2=O)[C@@H](c2cccc([N+](=O)[O-])c2)C2=C(N=3)c3ccccc3CC2)ccc1OCc1ccc(Cl)cc1Cl. The molecule has 1 aliphatic carbocycles. The van der Waals surface area contributed by atoms with E-state index in [-0.39, 0.29) is 17.9 Å². The van der Waals surface area contributed by atoms with Crippen molar-refractivity contribution in [3.63, 3.8) is 0 Å². The van der Waals surface area contributed by atoms with E-state index in [0.717, 1.165) is 34.4 Å². The van der Waals surface area contributed by atoms with Gasteiger partial charge in [0.25, 0.3) is 11.2 Å². The molecule has 8 nitrogen and oxygen atoms in total. The number of hydrogen-bond donors (Lipinski definition) is 0. The van der Waals surface area contributed by atoms with Crippen LogP contribution < -0.4 is 24.4 Å². The minimum Gasteiger partial charge on any atom is -0.490 e. The highest BCUT2D eigenvalue weighted by Gasteiger charge is 2.33. The van der Waals surface area contributed by atoms with Crippen molar-refractivity contribution in [3.8, 4) is 11.5 Å². The Morgan fingerprint density at radius 2 is 1.85 bits per heavy atom. The summed E-state index contributed by atoms with van der Waals surface area (Å²) >= 11 is 13.7. The van der Waals surface area contributed by atoms with Gasteiger partial charge in [-0.2, -0.15) is 0 Å². The maximum atomic E-state index is 14.2. The third-order valence-electron chi connectivity index (χ3n) is 8.23. The first-order valence-corrected chi connectivity index (χ1v) is 16.6. The molecule has 0 amide bonds. The molecule has 7 rings (SSSR count). The van der Waals surface area contributed by atoms with Gasteiger partial charge in [0, 0.05) is 33.3 Å². The van der Waals surface area contributed by atoms with Crippen molar-refractivity contribution in [2.75, 3.05) is 6.61 Å². The Hall–Kier alpha value is -4.70. The van der Waals surface area contributed by atoms with Gasteiger partial charge in [0.1, 0.15) is 6.61 Å². The molecule has 0 fully saturated rings. The number of hydrogen-bond acceptors (Lipinski definition) is 7. The fraction of sp³-hybridized carbons (Fsp3) is 0.167. The summed E-state index contributed by atoms with van der Waals surface area (Å²) in [6.07, 6.45) is 3.29. The van der Waals surface area contributed by atoms with E-state index in [1.54, 1.807) is 34.9 Å². The highest BCUT2D eigenvalue weighted by atomic mass is 35.5. The van der Waals surface area contributed by atoms with Crippen molar-refractivity contribution in [1.82, 2.24) is 4.57 Å². The second kappa shape index (κ2) is 12.8. The first kappa shape index (κ1) is 30.9. The molecule has 0 saturated heterocycles. The van der Waals surface area contributed by atoms with Crippen LogP contribution in [0.5, 0.6) is 11.5 Å². The first-order chi connectivity index (χ1) is 22.8. The van der Waals surface area contributed by atoms with Crippen molar-refractivity contribution >= 4 is 52.0 Å². The Bertz CT molecular complexity index is 2280. The molecule has 0 unspecified atom stereocenters. The van der Waals surface area contributed by atoms with Crippen molar-refractivity contribution < 1.29 is 14.4 Å². The minimum absolute atomic E-state index is 0.0240. The number of nitro groups is 1. The maximum Gasteiger partial charge on any atom is 0.271 e. The molecule has 0 spiro atoms. The van der Waals surface area contributed by atoms with Crippen LogP contribution in [-0.2, 0) is 13.0 Å². The molecule has 0 bridgehead atoms. The van der Waals surface area contributed by atoms with Crippen LogP contribution in [0, 0.1) is 10.1 Å². The topological polar surface area (TPSA) is 96.0 Å². The lowest BCUT2D eigenvalue weighted by molar-refractivity contribution is -0.384. The average molecular weight is 685 g/mol. The Kier molecular flexibility index (Phi) is 8.44. The average Bonchev–Trinajstić information content (AvgIpc) is 3.38. The number of allylic oxidation sites excluding steroid dienone is 1. The highest BCUT2D eigenvalue weighted by molar-refractivity contribution is 7.07. The van der Waals surface area contributed by atoms with Gasteiger partial charge in [0.05, 0.1) is 27.8 Å². The molecule has 0 radical (unpaired) electrons. The molecule has 47 heavy (non-hydrogen) atoms. The number of halogens is 2. The summed E-state index contributed by atoms with van der Waals surface area (Å²) in [5.41, 5.74) is 5.99. The summed E-state index contributed by atoms with van der Waals surface area (Å²) < 4.78 is 14.1. The van der Waals surface area contributed by atoms with Crippen molar-refractivity contribution in [2.24, 2.45) is 4.99 Å². The molecule has 1 aromatic heterocycles. The smallest absolute Gasteiger partial charge is 0.271 e. The van der Waals surface area contributed by atoms with Gasteiger partial charge in [-0.25, -0.2) is 4.99 Å². The van der Waals surface area contributed by atoms with E-state index in [9.17, 15) is 14.9 Å². The number of rotatable bonds is 8. The number of aromatic nitrogens is 1. The van der Waals surface area contributed by atoms with E-state index in [1.165, 1.54) is 23.0 Å². The quantitative estimate of drug-likeness (QED) is 0.125. The lowest BCUT2D eigenvalue weighted by Gasteiger charge is -2.30. The fourth-order valence-corrected chi connectivity index (χ4v) is 7.54. The van der Waals surface area contributed by atoms with Gasteiger partial charge in [-0.05, 0) is 72.4 Å². The monoisotopic (exact) mass is 683 g/mol. The molecule has 11 heteroatoms. The Morgan fingerprint density at radius 1 is 1.00 bits per heavy atom. The third kappa shape index (κ3) is 5.98. The molecule has 0 N–H and O–H groups in total. The molecule has 236 valence electrons. The van der Waals surface area contributed by atoms with Crippen LogP contribution in [0.25, 0.3) is 11.8 Å². The zero-order valence-electron chi connectivity index (χ0n) is 25.1. The number of non-ortho nitro benzene ring substituents is 1. The van der Waals surface area contributed by atoms with Crippen LogP contribution in [0.4, 0.5) is 5.69 Å². The molecule has 1 atom stereocenters. The number of benzene rings is 4. The molecule has 0 saturated carbocycles. The molecule has 4 aromatic carbocycles. The van der Waals surface area contributed by atoms with Gasteiger partial charge < -0.3 is 9.47 Å². The zero-order chi connectivity index (χ0) is 32.7. The largest absolute Gasteiger partial charge is 0.490 e.